The topological polar surface area (TPSA) is 42.0 Å². The Balaban J connectivity index is 2.11. The summed E-state index contributed by atoms with van der Waals surface area (Å²) in [5.41, 5.74) is 1.47. The van der Waals surface area contributed by atoms with E-state index in [9.17, 15) is 4.79 Å². The lowest BCUT2D eigenvalue weighted by molar-refractivity contribution is 0.102. The van der Waals surface area contributed by atoms with Crippen molar-refractivity contribution in [3.05, 3.63) is 46.4 Å². The van der Waals surface area contributed by atoms with E-state index in [1.165, 1.54) is 0 Å². The van der Waals surface area contributed by atoms with Gasteiger partial charge in [-0.05, 0) is 25.1 Å². The van der Waals surface area contributed by atoms with Crippen molar-refractivity contribution in [2.75, 3.05) is 5.32 Å². The molecule has 0 aliphatic rings. The summed E-state index contributed by atoms with van der Waals surface area (Å²) in [5, 5.41) is 4.65. The van der Waals surface area contributed by atoms with Crippen LogP contribution in [-0.4, -0.2) is 10.9 Å². The molecule has 0 aliphatic heterocycles. The van der Waals surface area contributed by atoms with Crippen molar-refractivity contribution in [1.82, 2.24) is 4.98 Å². The number of carbonyl (C=O) groups excluding carboxylic acids is 1. The number of nitrogens with one attached hydrogen (secondary N) is 1. The Morgan fingerprint density at radius 1 is 1.40 bits per heavy atom. The van der Waals surface area contributed by atoms with Gasteiger partial charge in [0.1, 0.15) is 0 Å². The van der Waals surface area contributed by atoms with Crippen LogP contribution in [0.25, 0.3) is 0 Å². The fourth-order valence-corrected chi connectivity index (χ4v) is 1.88. The molecule has 2 rings (SSSR count). The van der Waals surface area contributed by atoms with Crippen LogP contribution < -0.4 is 5.32 Å². The minimum atomic E-state index is -0.0782. The average Bonchev–Trinajstić information content (AvgIpc) is 2.66. The largest absolute Gasteiger partial charge is 0.322 e. The van der Waals surface area contributed by atoms with Gasteiger partial charge in [-0.1, -0.05) is 0 Å². The summed E-state index contributed by atoms with van der Waals surface area (Å²) < 4.78 is 0. The summed E-state index contributed by atoms with van der Waals surface area (Å²) in [6.45, 7) is 1.98. The summed E-state index contributed by atoms with van der Waals surface area (Å²) in [6, 6.07) is 5.40. The number of hydrogen-bond donors (Lipinski definition) is 1. The third-order valence-corrected chi connectivity index (χ3v) is 2.79. The monoisotopic (exact) mass is 218 g/mol. The fraction of sp³-hybridized carbons (Fsp3) is 0.0909. The zero-order valence-corrected chi connectivity index (χ0v) is 9.04. The van der Waals surface area contributed by atoms with Crippen LogP contribution in [0.15, 0.2) is 36.0 Å². The first-order valence-corrected chi connectivity index (χ1v) is 5.40. The van der Waals surface area contributed by atoms with E-state index in [4.69, 9.17) is 0 Å². The van der Waals surface area contributed by atoms with Crippen molar-refractivity contribution in [3.63, 3.8) is 0 Å². The molecule has 1 amide bonds. The van der Waals surface area contributed by atoms with Gasteiger partial charge in [-0.15, -0.1) is 11.3 Å². The van der Waals surface area contributed by atoms with Crippen LogP contribution in [-0.2, 0) is 0 Å². The van der Waals surface area contributed by atoms with Crippen molar-refractivity contribution in [3.8, 4) is 0 Å². The molecule has 0 fully saturated rings. The van der Waals surface area contributed by atoms with Gasteiger partial charge in [0, 0.05) is 28.3 Å². The van der Waals surface area contributed by atoms with Crippen molar-refractivity contribution in [2.24, 2.45) is 0 Å². The van der Waals surface area contributed by atoms with Crippen LogP contribution in [0.3, 0.4) is 0 Å². The summed E-state index contributed by atoms with van der Waals surface area (Å²) in [4.78, 5) is 16.7. The Bertz CT molecular complexity index is 464. The highest BCUT2D eigenvalue weighted by Gasteiger charge is 2.06. The van der Waals surface area contributed by atoms with Crippen LogP contribution in [0.4, 0.5) is 5.69 Å². The highest BCUT2D eigenvalue weighted by Crippen LogP contribution is 2.14. The molecular weight excluding hydrogens is 208 g/mol. The van der Waals surface area contributed by atoms with Gasteiger partial charge in [0.25, 0.3) is 5.91 Å². The van der Waals surface area contributed by atoms with E-state index in [0.29, 0.717) is 5.56 Å². The van der Waals surface area contributed by atoms with Gasteiger partial charge in [0.05, 0.1) is 5.56 Å². The second kappa shape index (κ2) is 4.23. The maximum Gasteiger partial charge on any atom is 0.256 e. The Hall–Kier alpha value is -1.68. The van der Waals surface area contributed by atoms with Gasteiger partial charge in [-0.25, -0.2) is 0 Å². The number of nitrogens with zero attached hydrogens (tertiary/aromatic N) is 1. The van der Waals surface area contributed by atoms with E-state index in [0.717, 1.165) is 10.6 Å². The lowest BCUT2D eigenvalue weighted by Crippen LogP contribution is -2.10. The summed E-state index contributed by atoms with van der Waals surface area (Å²) in [5.74, 6) is -0.0782. The van der Waals surface area contributed by atoms with Gasteiger partial charge in [-0.3, -0.25) is 9.78 Å². The third-order valence-electron chi connectivity index (χ3n) is 1.93. The molecule has 2 aromatic heterocycles. The van der Waals surface area contributed by atoms with Crippen LogP contribution in [0.2, 0.25) is 0 Å². The number of pyridine rings is 1. The molecule has 2 heterocycles. The minimum Gasteiger partial charge on any atom is -0.322 e. The maximum atomic E-state index is 11.7. The zero-order chi connectivity index (χ0) is 10.7. The van der Waals surface area contributed by atoms with E-state index in [2.05, 4.69) is 10.3 Å². The van der Waals surface area contributed by atoms with Gasteiger partial charge in [0.15, 0.2) is 0 Å². The predicted molar refractivity (Wildman–Crippen MR) is 61.2 cm³/mol. The molecule has 4 heteroatoms. The first kappa shape index (κ1) is 9.86. The standard InChI is InChI=1S/C11H10N2OS/c1-8-6-9(7-15-8)11(14)13-10-2-4-12-5-3-10/h2-7H,1H3,(H,12,13,14). The molecular formula is C11H10N2OS. The number of thiophene rings is 1. The molecule has 76 valence electrons. The Morgan fingerprint density at radius 3 is 2.73 bits per heavy atom. The molecule has 0 bridgehead atoms. The number of anilines is 1. The molecule has 0 saturated carbocycles. The van der Waals surface area contributed by atoms with Gasteiger partial charge in [0.2, 0.25) is 0 Å². The zero-order valence-electron chi connectivity index (χ0n) is 8.23. The number of carbonyl (C=O) groups is 1. The van der Waals surface area contributed by atoms with Crippen LogP contribution in [0.1, 0.15) is 15.2 Å². The number of rotatable bonds is 2. The van der Waals surface area contributed by atoms with Crippen molar-refractivity contribution < 1.29 is 4.79 Å². The fourth-order valence-electron chi connectivity index (χ4n) is 1.20. The normalized spacial score (nSPS) is 9.93. The van der Waals surface area contributed by atoms with Crippen LogP contribution in [0.5, 0.6) is 0 Å². The minimum absolute atomic E-state index is 0.0782. The summed E-state index contributed by atoms with van der Waals surface area (Å²) >= 11 is 1.57. The van der Waals surface area contributed by atoms with E-state index >= 15 is 0 Å². The lowest BCUT2D eigenvalue weighted by atomic mass is 10.3. The Morgan fingerprint density at radius 2 is 2.13 bits per heavy atom. The number of aryl methyl sites for hydroxylation is 1. The van der Waals surface area contributed by atoms with E-state index < -0.39 is 0 Å². The summed E-state index contributed by atoms with van der Waals surface area (Å²) in [7, 11) is 0. The van der Waals surface area contributed by atoms with Crippen molar-refractivity contribution in [2.45, 2.75) is 6.92 Å². The molecule has 0 aromatic carbocycles. The Kier molecular flexibility index (Phi) is 2.78. The number of amides is 1. The molecule has 15 heavy (non-hydrogen) atoms. The molecule has 0 aliphatic carbocycles. The second-order valence-corrected chi connectivity index (χ2v) is 4.25. The van der Waals surface area contributed by atoms with Gasteiger partial charge in [-0.2, -0.15) is 0 Å². The first-order chi connectivity index (χ1) is 7.25. The summed E-state index contributed by atoms with van der Waals surface area (Å²) in [6.07, 6.45) is 3.29. The van der Waals surface area contributed by atoms with E-state index in [-0.39, 0.29) is 5.91 Å². The number of aromatic nitrogens is 1. The second-order valence-electron chi connectivity index (χ2n) is 3.14. The smallest absolute Gasteiger partial charge is 0.256 e. The lowest BCUT2D eigenvalue weighted by Gasteiger charge is -2.01. The van der Waals surface area contributed by atoms with Crippen molar-refractivity contribution in [1.29, 1.82) is 0 Å². The SMILES string of the molecule is Cc1cc(C(=O)Nc2ccncc2)cs1. The highest BCUT2D eigenvalue weighted by molar-refractivity contribution is 7.10. The predicted octanol–water partition coefficient (Wildman–Crippen LogP) is 2.70. The molecule has 2 aromatic rings. The molecule has 0 unspecified atom stereocenters. The molecule has 1 N–H and O–H groups in total. The molecule has 0 spiro atoms. The van der Waals surface area contributed by atoms with E-state index in [1.54, 1.807) is 35.9 Å². The van der Waals surface area contributed by atoms with Crippen molar-refractivity contribution >= 4 is 22.9 Å². The van der Waals surface area contributed by atoms with Gasteiger partial charge >= 0.3 is 0 Å². The Labute approximate surface area is 91.8 Å². The maximum absolute atomic E-state index is 11.7. The average molecular weight is 218 g/mol. The molecule has 0 saturated heterocycles. The molecule has 0 radical (unpaired) electrons. The quantitative estimate of drug-likeness (QED) is 0.842. The molecule has 3 nitrogen and oxygen atoms in total. The molecule has 0 atom stereocenters. The first-order valence-electron chi connectivity index (χ1n) is 4.52. The number of hydrogen-bond acceptors (Lipinski definition) is 3. The highest BCUT2D eigenvalue weighted by atomic mass is 32.1. The van der Waals surface area contributed by atoms with Crippen LogP contribution in [0, 0.1) is 6.92 Å². The van der Waals surface area contributed by atoms with E-state index in [1.807, 2.05) is 18.4 Å². The third kappa shape index (κ3) is 2.41. The van der Waals surface area contributed by atoms with Gasteiger partial charge < -0.3 is 5.32 Å². The van der Waals surface area contributed by atoms with Crippen LogP contribution >= 0.6 is 11.3 Å².